The largest absolute Gasteiger partial charge is 0.493 e. The molecule has 1 aliphatic rings. The summed E-state index contributed by atoms with van der Waals surface area (Å²) in [5.41, 5.74) is 4.70. The summed E-state index contributed by atoms with van der Waals surface area (Å²) in [5.74, 6) is 0.722. The molecule has 1 aromatic heterocycles. The van der Waals surface area contributed by atoms with Gasteiger partial charge in [-0.05, 0) is 127 Å². The van der Waals surface area contributed by atoms with Crippen LogP contribution in [0.3, 0.4) is 0 Å². The number of H-pyrrole nitrogens is 1. The molecule has 0 bridgehead atoms. The maximum atomic E-state index is 13.8. The maximum absolute atomic E-state index is 13.8. The average Bonchev–Trinajstić information content (AvgIpc) is 3.18. The molecule has 1 unspecified atom stereocenters. The van der Waals surface area contributed by atoms with Gasteiger partial charge in [0.15, 0.2) is 16.6 Å². The average molecular weight is 763 g/mol. The molecule has 0 aliphatic heterocycles. The zero-order valence-electron chi connectivity index (χ0n) is 30.5. The number of anilines is 3. The van der Waals surface area contributed by atoms with Crippen molar-refractivity contribution in [3.63, 3.8) is 0 Å². The van der Waals surface area contributed by atoms with Crippen LogP contribution < -0.4 is 25.7 Å². The summed E-state index contributed by atoms with van der Waals surface area (Å²) in [6.07, 6.45) is 7.53. The fourth-order valence-electron chi connectivity index (χ4n) is 6.39. The Morgan fingerprint density at radius 2 is 1.44 bits per heavy atom. The first kappa shape index (κ1) is 38.6. The first-order chi connectivity index (χ1) is 26.7. The van der Waals surface area contributed by atoms with Gasteiger partial charge in [0, 0.05) is 40.8 Å². The summed E-state index contributed by atoms with van der Waals surface area (Å²) in [4.78, 5) is 18.3. The SMILES string of the molecule is COc1ccc(NC(=S)N(Cc2cc3ccc(-c4cccc(F)c4)cc3[nH]c2=O)CC2CC=CCC2)cc1OC.Fc1cccc(Nc2cccc(F)c2)c1. The topological polar surface area (TPSA) is 78.6 Å². The maximum Gasteiger partial charge on any atom is 0.253 e. The van der Waals surface area contributed by atoms with Crippen LogP contribution in [0.1, 0.15) is 24.8 Å². The number of pyridine rings is 1. The third-order valence-electron chi connectivity index (χ3n) is 9.16. The van der Waals surface area contributed by atoms with E-state index in [1.54, 1.807) is 44.6 Å². The van der Waals surface area contributed by atoms with Crippen LogP contribution in [0, 0.1) is 23.4 Å². The highest BCUT2D eigenvalue weighted by atomic mass is 32.1. The summed E-state index contributed by atoms with van der Waals surface area (Å²) in [7, 11) is 3.19. The summed E-state index contributed by atoms with van der Waals surface area (Å²) in [6, 6.07) is 31.7. The Morgan fingerprint density at radius 3 is 2.07 bits per heavy atom. The lowest BCUT2D eigenvalue weighted by Crippen LogP contribution is -2.39. The number of ether oxygens (including phenoxy) is 2. The van der Waals surface area contributed by atoms with E-state index >= 15 is 0 Å². The second-order valence-corrected chi connectivity index (χ2v) is 13.5. The number of hydrogen-bond donors (Lipinski definition) is 3. The third kappa shape index (κ3) is 10.5. The Morgan fingerprint density at radius 1 is 0.764 bits per heavy atom. The van der Waals surface area contributed by atoms with Gasteiger partial charge < -0.3 is 30.0 Å². The van der Waals surface area contributed by atoms with Gasteiger partial charge in [-0.3, -0.25) is 4.79 Å². The van der Waals surface area contributed by atoms with Gasteiger partial charge in [-0.2, -0.15) is 0 Å². The molecule has 7 rings (SSSR count). The highest BCUT2D eigenvalue weighted by Gasteiger charge is 2.20. The number of fused-ring (bicyclic) bond motifs is 1. The Kier molecular flexibility index (Phi) is 12.9. The van der Waals surface area contributed by atoms with Crippen LogP contribution in [0.2, 0.25) is 0 Å². The summed E-state index contributed by atoms with van der Waals surface area (Å²) < 4.78 is 50.2. The van der Waals surface area contributed by atoms with Crippen LogP contribution in [0.4, 0.5) is 30.2 Å². The molecule has 0 amide bonds. The predicted molar refractivity (Wildman–Crippen MR) is 219 cm³/mol. The summed E-state index contributed by atoms with van der Waals surface area (Å²) in [5, 5.41) is 7.66. The third-order valence-corrected chi connectivity index (χ3v) is 9.52. The number of aromatic nitrogens is 1. The first-order valence-electron chi connectivity index (χ1n) is 17.8. The van der Waals surface area contributed by atoms with Crippen molar-refractivity contribution >= 4 is 45.3 Å². The van der Waals surface area contributed by atoms with E-state index < -0.39 is 0 Å². The highest BCUT2D eigenvalue weighted by molar-refractivity contribution is 7.80. The van der Waals surface area contributed by atoms with Gasteiger partial charge in [-0.1, -0.05) is 48.6 Å². The molecule has 0 saturated heterocycles. The molecule has 7 nitrogen and oxygen atoms in total. The standard InChI is InChI=1S/C32H32FN3O3S.C12H9F2N/c1-38-29-14-13-27(18-30(29)39-2)34-32(40)36(19-21-7-4-3-5-8-21)20-25-15-24-12-11-23(17-28(24)35-31(25)37)22-9-6-10-26(33)16-22;13-9-3-1-5-11(7-9)15-12-6-2-4-10(14)8-12/h3-4,6,9-18,21H,5,7-8,19-20H2,1-2H3,(H,34,40)(H,35,37);1-8,15H. The van der Waals surface area contributed by atoms with Crippen LogP contribution in [-0.4, -0.2) is 35.8 Å². The molecule has 5 aromatic carbocycles. The van der Waals surface area contributed by atoms with E-state index in [1.807, 2.05) is 48.5 Å². The summed E-state index contributed by atoms with van der Waals surface area (Å²) >= 11 is 5.87. The second-order valence-electron chi connectivity index (χ2n) is 13.1. The van der Waals surface area contributed by atoms with Crippen molar-refractivity contribution in [1.29, 1.82) is 0 Å². The molecular weight excluding hydrogens is 722 g/mol. The van der Waals surface area contributed by atoms with Crippen LogP contribution >= 0.6 is 12.2 Å². The minimum atomic E-state index is -0.323. The lowest BCUT2D eigenvalue weighted by molar-refractivity contribution is 0.318. The van der Waals surface area contributed by atoms with Crippen molar-refractivity contribution in [2.24, 2.45) is 5.92 Å². The Labute approximate surface area is 323 Å². The summed E-state index contributed by atoms with van der Waals surface area (Å²) in [6.45, 7) is 1.08. The van der Waals surface area contributed by atoms with Gasteiger partial charge in [-0.15, -0.1) is 0 Å². The molecule has 1 aliphatic carbocycles. The molecule has 0 saturated carbocycles. The van der Waals surface area contributed by atoms with Gasteiger partial charge in [0.25, 0.3) is 5.56 Å². The quantitative estimate of drug-likeness (QED) is 0.0947. The number of allylic oxidation sites excluding steroid dienone is 2. The molecule has 0 fully saturated rings. The van der Waals surface area contributed by atoms with Crippen LogP contribution in [0.5, 0.6) is 11.5 Å². The van der Waals surface area contributed by atoms with Crippen molar-refractivity contribution in [3.8, 4) is 22.6 Å². The smallest absolute Gasteiger partial charge is 0.253 e. The number of nitrogens with one attached hydrogen (secondary N) is 3. The van der Waals surface area contributed by atoms with Crippen molar-refractivity contribution < 1.29 is 22.6 Å². The van der Waals surface area contributed by atoms with Crippen molar-refractivity contribution in [3.05, 3.63) is 161 Å². The number of methoxy groups -OCH3 is 2. The molecule has 55 heavy (non-hydrogen) atoms. The number of benzene rings is 5. The lowest BCUT2D eigenvalue weighted by atomic mass is 9.94. The Balaban J connectivity index is 0.000000286. The Hall–Kier alpha value is -6.07. The van der Waals surface area contributed by atoms with Crippen LogP contribution in [0.25, 0.3) is 22.0 Å². The molecule has 0 radical (unpaired) electrons. The van der Waals surface area contributed by atoms with Gasteiger partial charge >= 0.3 is 0 Å². The normalized spacial score (nSPS) is 13.4. The van der Waals surface area contributed by atoms with Crippen LogP contribution in [-0.2, 0) is 6.54 Å². The molecule has 3 N–H and O–H groups in total. The van der Waals surface area contributed by atoms with Crippen molar-refractivity contribution in [2.75, 3.05) is 31.4 Å². The number of nitrogens with zero attached hydrogens (tertiary/aromatic N) is 1. The van der Waals surface area contributed by atoms with Gasteiger partial charge in [0.2, 0.25) is 0 Å². The van der Waals surface area contributed by atoms with Crippen molar-refractivity contribution in [2.45, 2.75) is 25.8 Å². The number of rotatable bonds is 10. The number of thiocarbonyl (C=S) groups is 1. The fourth-order valence-corrected chi connectivity index (χ4v) is 6.64. The first-order valence-corrected chi connectivity index (χ1v) is 18.2. The van der Waals surface area contributed by atoms with E-state index in [1.165, 1.54) is 36.4 Å². The lowest BCUT2D eigenvalue weighted by Gasteiger charge is -2.30. The van der Waals surface area contributed by atoms with Crippen molar-refractivity contribution in [1.82, 2.24) is 9.88 Å². The minimum absolute atomic E-state index is 0.175. The van der Waals surface area contributed by atoms with Gasteiger partial charge in [-0.25, -0.2) is 13.2 Å². The van der Waals surface area contributed by atoms with E-state index in [4.69, 9.17) is 21.7 Å². The van der Waals surface area contributed by atoms with E-state index in [0.717, 1.165) is 48.0 Å². The van der Waals surface area contributed by atoms with E-state index in [9.17, 15) is 18.0 Å². The molecule has 0 spiro atoms. The van der Waals surface area contributed by atoms with E-state index in [-0.39, 0.29) is 23.0 Å². The molecule has 6 aromatic rings. The van der Waals surface area contributed by atoms with Crippen LogP contribution in [0.15, 0.2) is 132 Å². The zero-order valence-corrected chi connectivity index (χ0v) is 31.3. The highest BCUT2D eigenvalue weighted by Crippen LogP contribution is 2.30. The van der Waals surface area contributed by atoms with Gasteiger partial charge in [0.1, 0.15) is 17.5 Å². The van der Waals surface area contributed by atoms with E-state index in [2.05, 4.69) is 32.7 Å². The fraction of sp³-hybridized carbons (Fsp3) is 0.182. The number of aromatic amines is 1. The second kappa shape index (κ2) is 18.3. The van der Waals surface area contributed by atoms with Gasteiger partial charge in [0.05, 0.1) is 20.8 Å². The van der Waals surface area contributed by atoms with E-state index in [0.29, 0.717) is 51.5 Å². The molecule has 1 atom stereocenters. The Bertz CT molecular complexity index is 2320. The number of hydrogen-bond acceptors (Lipinski definition) is 5. The minimum Gasteiger partial charge on any atom is -0.493 e. The number of halogens is 3. The molecule has 1 heterocycles. The monoisotopic (exact) mass is 762 g/mol. The molecular formula is C44H41F3N4O3S. The molecule has 11 heteroatoms. The molecule has 282 valence electrons. The zero-order chi connectivity index (χ0) is 38.7. The predicted octanol–water partition coefficient (Wildman–Crippen LogP) is 10.6.